The lowest BCUT2D eigenvalue weighted by Gasteiger charge is -2.11. The predicted octanol–water partition coefficient (Wildman–Crippen LogP) is 7.01. The molecule has 0 aliphatic heterocycles. The Morgan fingerprint density at radius 2 is 1.39 bits per heavy atom. The summed E-state index contributed by atoms with van der Waals surface area (Å²) in [4.78, 5) is 0. The molecule has 0 saturated carbocycles. The maximum atomic E-state index is 5.78. The van der Waals surface area contributed by atoms with Crippen molar-refractivity contribution in [2.24, 2.45) is 0 Å². The van der Waals surface area contributed by atoms with Crippen LogP contribution in [0.2, 0.25) is 0 Å². The lowest BCUT2D eigenvalue weighted by atomic mass is 10.1. The smallest absolute Gasteiger partial charge is 0.119 e. The second-order valence-electron chi connectivity index (χ2n) is 7.53. The first-order valence-corrected chi connectivity index (χ1v) is 10.2. The van der Waals surface area contributed by atoms with Crippen molar-refractivity contribution in [3.05, 3.63) is 89.5 Å². The van der Waals surface area contributed by atoms with Crippen molar-refractivity contribution >= 4 is 5.76 Å². The minimum atomic E-state index is 0.548. The van der Waals surface area contributed by atoms with E-state index in [9.17, 15) is 0 Å². The van der Waals surface area contributed by atoms with Gasteiger partial charge in [0.25, 0.3) is 0 Å². The average Bonchev–Trinajstić information content (AvgIpc) is 2.70. The Kier molecular flexibility index (Phi) is 9.57. The van der Waals surface area contributed by atoms with Gasteiger partial charge in [0.1, 0.15) is 12.4 Å². The molecular formula is C26H34O2. The van der Waals surface area contributed by atoms with Gasteiger partial charge in [-0.15, -0.1) is 0 Å². The number of hydrogen-bond donors (Lipinski definition) is 0. The van der Waals surface area contributed by atoms with Crippen LogP contribution in [-0.2, 0) is 16.1 Å². The Balaban J connectivity index is 1.46. The zero-order valence-electron chi connectivity index (χ0n) is 17.5. The molecule has 0 aliphatic carbocycles. The lowest BCUT2D eigenvalue weighted by molar-refractivity contribution is 0.116. The van der Waals surface area contributed by atoms with E-state index in [2.05, 4.69) is 63.4 Å². The van der Waals surface area contributed by atoms with E-state index < -0.39 is 0 Å². The fourth-order valence-electron chi connectivity index (χ4n) is 2.89. The van der Waals surface area contributed by atoms with Crippen molar-refractivity contribution in [2.75, 3.05) is 13.2 Å². The van der Waals surface area contributed by atoms with Gasteiger partial charge >= 0.3 is 0 Å². The molecule has 0 radical (unpaired) electrons. The van der Waals surface area contributed by atoms with Gasteiger partial charge in [-0.25, -0.2) is 0 Å². The summed E-state index contributed by atoms with van der Waals surface area (Å²) in [7, 11) is 0. The zero-order valence-corrected chi connectivity index (χ0v) is 17.5. The molecule has 0 N–H and O–H groups in total. The molecule has 2 aromatic rings. The third-order valence-corrected chi connectivity index (χ3v) is 4.78. The SMILES string of the molecule is C=C(CCCCCCOCc1ccc(C)cc1)COC(=C)c1ccc(C)cc1. The molecule has 0 fully saturated rings. The molecular weight excluding hydrogens is 344 g/mol. The molecule has 2 rings (SSSR count). The molecule has 0 saturated heterocycles. The Morgan fingerprint density at radius 1 is 0.786 bits per heavy atom. The highest BCUT2D eigenvalue weighted by Crippen LogP contribution is 2.17. The maximum Gasteiger partial charge on any atom is 0.119 e. The largest absolute Gasteiger partial charge is 0.489 e. The number of unbranched alkanes of at least 4 members (excludes halogenated alkanes) is 3. The highest BCUT2D eigenvalue weighted by molar-refractivity contribution is 5.57. The van der Waals surface area contributed by atoms with Crippen LogP contribution in [0.25, 0.3) is 5.76 Å². The van der Waals surface area contributed by atoms with E-state index in [0.717, 1.165) is 37.0 Å². The highest BCUT2D eigenvalue weighted by atomic mass is 16.5. The van der Waals surface area contributed by atoms with Crippen molar-refractivity contribution in [2.45, 2.75) is 52.6 Å². The number of ether oxygens (including phenoxy) is 2. The number of rotatable bonds is 13. The van der Waals surface area contributed by atoms with E-state index in [0.29, 0.717) is 19.0 Å². The predicted molar refractivity (Wildman–Crippen MR) is 119 cm³/mol. The van der Waals surface area contributed by atoms with Crippen LogP contribution in [-0.4, -0.2) is 13.2 Å². The summed E-state index contributed by atoms with van der Waals surface area (Å²) >= 11 is 0. The van der Waals surface area contributed by atoms with E-state index in [-0.39, 0.29) is 0 Å². The monoisotopic (exact) mass is 378 g/mol. The zero-order chi connectivity index (χ0) is 20.2. The second kappa shape index (κ2) is 12.2. The van der Waals surface area contributed by atoms with Crippen molar-refractivity contribution in [3.8, 4) is 0 Å². The van der Waals surface area contributed by atoms with Crippen molar-refractivity contribution in [1.82, 2.24) is 0 Å². The van der Waals surface area contributed by atoms with Crippen LogP contribution in [0.1, 0.15) is 54.4 Å². The molecule has 150 valence electrons. The van der Waals surface area contributed by atoms with Crippen molar-refractivity contribution < 1.29 is 9.47 Å². The molecule has 0 bridgehead atoms. The summed E-state index contributed by atoms with van der Waals surface area (Å²) in [6.07, 6.45) is 5.66. The standard InChI is InChI=1S/C26H34O2/c1-21-10-14-25(15-11-21)20-27-18-8-6-5-7-9-23(3)19-28-24(4)26-16-12-22(2)13-17-26/h10-17H,3-9,18-20H2,1-2H3. The van der Waals surface area contributed by atoms with Gasteiger partial charge in [0.15, 0.2) is 0 Å². The fourth-order valence-corrected chi connectivity index (χ4v) is 2.89. The van der Waals surface area contributed by atoms with E-state index >= 15 is 0 Å². The van der Waals surface area contributed by atoms with Gasteiger partial charge < -0.3 is 9.47 Å². The first-order chi connectivity index (χ1) is 13.5. The van der Waals surface area contributed by atoms with Gasteiger partial charge in [-0.2, -0.15) is 0 Å². The molecule has 28 heavy (non-hydrogen) atoms. The van der Waals surface area contributed by atoms with Crippen molar-refractivity contribution in [3.63, 3.8) is 0 Å². The lowest BCUT2D eigenvalue weighted by Crippen LogP contribution is -1.98. The second-order valence-corrected chi connectivity index (χ2v) is 7.53. The summed E-state index contributed by atoms with van der Waals surface area (Å²) < 4.78 is 11.5. The van der Waals surface area contributed by atoms with Crippen LogP contribution in [0.5, 0.6) is 0 Å². The van der Waals surface area contributed by atoms with E-state index in [1.807, 2.05) is 12.1 Å². The van der Waals surface area contributed by atoms with Gasteiger partial charge in [-0.3, -0.25) is 0 Å². The third-order valence-electron chi connectivity index (χ3n) is 4.78. The van der Waals surface area contributed by atoms with E-state index in [1.165, 1.54) is 29.5 Å². The van der Waals surface area contributed by atoms with Crippen LogP contribution < -0.4 is 0 Å². The summed E-state index contributed by atoms with van der Waals surface area (Å²) in [5.41, 5.74) is 5.93. The molecule has 2 aromatic carbocycles. The summed E-state index contributed by atoms with van der Waals surface area (Å²) in [5.74, 6) is 0.715. The molecule has 0 unspecified atom stereocenters. The molecule has 0 aromatic heterocycles. The Bertz CT molecular complexity index is 726. The number of aryl methyl sites for hydroxylation is 2. The van der Waals surface area contributed by atoms with Gasteiger partial charge in [0, 0.05) is 12.2 Å². The highest BCUT2D eigenvalue weighted by Gasteiger charge is 2.02. The van der Waals surface area contributed by atoms with Gasteiger partial charge in [0.2, 0.25) is 0 Å². The molecule has 0 amide bonds. The first-order valence-electron chi connectivity index (χ1n) is 10.2. The van der Waals surface area contributed by atoms with Gasteiger partial charge in [-0.1, -0.05) is 85.7 Å². The van der Waals surface area contributed by atoms with Crippen LogP contribution in [0.4, 0.5) is 0 Å². The molecule has 0 atom stereocenters. The third kappa shape index (κ3) is 8.58. The average molecular weight is 379 g/mol. The van der Waals surface area contributed by atoms with Crippen LogP contribution in [0, 0.1) is 13.8 Å². The molecule has 0 aliphatic rings. The molecule has 2 heteroatoms. The minimum Gasteiger partial charge on any atom is -0.489 e. The van der Waals surface area contributed by atoms with E-state index in [4.69, 9.17) is 9.47 Å². The Morgan fingerprint density at radius 3 is 2.07 bits per heavy atom. The van der Waals surface area contributed by atoms with Crippen LogP contribution in [0.3, 0.4) is 0 Å². The summed E-state index contributed by atoms with van der Waals surface area (Å²) in [6, 6.07) is 16.8. The fraction of sp³-hybridized carbons (Fsp3) is 0.385. The number of hydrogen-bond acceptors (Lipinski definition) is 2. The summed E-state index contributed by atoms with van der Waals surface area (Å²) in [5, 5.41) is 0. The number of benzene rings is 2. The van der Waals surface area contributed by atoms with Crippen molar-refractivity contribution in [1.29, 1.82) is 0 Å². The normalized spacial score (nSPS) is 10.6. The van der Waals surface area contributed by atoms with Gasteiger partial charge in [0.05, 0.1) is 6.61 Å². The van der Waals surface area contributed by atoms with Crippen LogP contribution in [0.15, 0.2) is 67.3 Å². The Hall–Kier alpha value is -2.32. The quantitative estimate of drug-likeness (QED) is 0.212. The maximum absolute atomic E-state index is 5.78. The molecule has 0 heterocycles. The van der Waals surface area contributed by atoms with E-state index in [1.54, 1.807) is 0 Å². The van der Waals surface area contributed by atoms with Gasteiger partial charge in [-0.05, 0) is 44.2 Å². The summed E-state index contributed by atoms with van der Waals surface area (Å²) in [6.45, 7) is 14.4. The Labute approximate surface area is 170 Å². The molecule has 2 nitrogen and oxygen atoms in total. The topological polar surface area (TPSA) is 18.5 Å². The van der Waals surface area contributed by atoms with Crippen LogP contribution >= 0.6 is 0 Å². The molecule has 0 spiro atoms. The first kappa shape index (κ1) is 22.0. The minimum absolute atomic E-state index is 0.548.